The van der Waals surface area contributed by atoms with Gasteiger partial charge in [0.05, 0.1) is 12.2 Å². The van der Waals surface area contributed by atoms with E-state index in [1.165, 1.54) is 16.2 Å². The van der Waals surface area contributed by atoms with Crippen molar-refractivity contribution >= 4 is 39.8 Å². The highest BCUT2D eigenvalue weighted by Gasteiger charge is 2.28. The monoisotopic (exact) mass is 315 g/mol. The minimum atomic E-state index is -0.357. The molecule has 4 nitrogen and oxygen atoms in total. The predicted molar refractivity (Wildman–Crippen MR) is 80.8 cm³/mol. The number of rotatable bonds is 4. The highest BCUT2D eigenvalue weighted by molar-refractivity contribution is 7.17. The molecule has 1 aromatic heterocycles. The van der Waals surface area contributed by atoms with Crippen molar-refractivity contribution in [2.24, 2.45) is 5.92 Å². The minimum Gasteiger partial charge on any atom is -0.462 e. The normalized spacial score (nSPS) is 17.4. The van der Waals surface area contributed by atoms with Crippen LogP contribution in [-0.4, -0.2) is 24.4 Å². The Hall–Kier alpha value is -1.07. The third-order valence-electron chi connectivity index (χ3n) is 3.37. The molecule has 1 heterocycles. The average Bonchev–Trinajstić information content (AvgIpc) is 2.75. The number of amides is 1. The highest BCUT2D eigenvalue weighted by Crippen LogP contribution is 2.40. The van der Waals surface area contributed by atoms with Crippen molar-refractivity contribution in [1.82, 2.24) is 0 Å². The summed E-state index contributed by atoms with van der Waals surface area (Å²) < 4.78 is 5.12. The van der Waals surface area contributed by atoms with Gasteiger partial charge in [0.15, 0.2) is 0 Å². The van der Waals surface area contributed by atoms with Crippen LogP contribution in [0.5, 0.6) is 0 Å². The summed E-state index contributed by atoms with van der Waals surface area (Å²) in [7, 11) is 0. The van der Waals surface area contributed by atoms with Crippen molar-refractivity contribution in [3.05, 3.63) is 16.0 Å². The fourth-order valence-corrected chi connectivity index (χ4v) is 3.90. The van der Waals surface area contributed by atoms with E-state index in [-0.39, 0.29) is 17.8 Å². The molecule has 20 heavy (non-hydrogen) atoms. The fourth-order valence-electron chi connectivity index (χ4n) is 2.42. The number of fused-ring (bicyclic) bond motifs is 1. The van der Waals surface area contributed by atoms with Gasteiger partial charge in [-0.15, -0.1) is 22.9 Å². The lowest BCUT2D eigenvalue weighted by atomic mass is 9.88. The number of thiophene rings is 1. The van der Waals surface area contributed by atoms with E-state index in [9.17, 15) is 9.59 Å². The Kier molecular flexibility index (Phi) is 5.05. The van der Waals surface area contributed by atoms with Crippen LogP contribution < -0.4 is 5.32 Å². The number of carbonyl (C=O) groups is 2. The van der Waals surface area contributed by atoms with E-state index in [1.54, 1.807) is 6.92 Å². The second kappa shape index (κ2) is 6.59. The van der Waals surface area contributed by atoms with Gasteiger partial charge in [0.1, 0.15) is 10.9 Å². The Bertz CT molecular complexity index is 527. The van der Waals surface area contributed by atoms with Crippen LogP contribution in [0.1, 0.15) is 41.1 Å². The van der Waals surface area contributed by atoms with Crippen molar-refractivity contribution in [2.75, 3.05) is 17.8 Å². The molecule has 1 N–H and O–H groups in total. The average molecular weight is 316 g/mol. The number of alkyl halides is 1. The van der Waals surface area contributed by atoms with Gasteiger partial charge >= 0.3 is 5.97 Å². The van der Waals surface area contributed by atoms with Crippen LogP contribution in [0.15, 0.2) is 0 Å². The molecule has 0 radical (unpaired) electrons. The van der Waals surface area contributed by atoms with Crippen molar-refractivity contribution in [3.63, 3.8) is 0 Å². The molecule has 1 aliphatic rings. The molecule has 0 saturated heterocycles. The smallest absolute Gasteiger partial charge is 0.341 e. The molecule has 1 unspecified atom stereocenters. The van der Waals surface area contributed by atoms with Crippen LogP contribution in [0.4, 0.5) is 5.00 Å². The molecule has 1 amide bonds. The first-order valence-corrected chi connectivity index (χ1v) is 8.09. The first-order chi connectivity index (χ1) is 9.56. The summed E-state index contributed by atoms with van der Waals surface area (Å²) in [5.41, 5.74) is 1.56. The first-order valence-electron chi connectivity index (χ1n) is 6.74. The van der Waals surface area contributed by atoms with Gasteiger partial charge in [0.2, 0.25) is 5.91 Å². The molecule has 0 aromatic carbocycles. The van der Waals surface area contributed by atoms with Crippen LogP contribution in [0, 0.1) is 5.92 Å². The van der Waals surface area contributed by atoms with Gasteiger partial charge in [-0.25, -0.2) is 4.79 Å². The van der Waals surface area contributed by atoms with E-state index in [1.807, 2.05) is 0 Å². The van der Waals surface area contributed by atoms with Gasteiger partial charge in [-0.3, -0.25) is 4.79 Å². The van der Waals surface area contributed by atoms with Gasteiger partial charge in [-0.05, 0) is 37.7 Å². The third-order valence-corrected chi connectivity index (χ3v) is 4.78. The van der Waals surface area contributed by atoms with Crippen molar-refractivity contribution < 1.29 is 14.3 Å². The van der Waals surface area contributed by atoms with Crippen molar-refractivity contribution in [1.29, 1.82) is 0 Å². The number of hydrogen-bond donors (Lipinski definition) is 1. The minimum absolute atomic E-state index is 0.124. The highest BCUT2D eigenvalue weighted by atomic mass is 35.5. The molecular formula is C14H18ClNO3S. The first kappa shape index (κ1) is 15.3. The van der Waals surface area contributed by atoms with E-state index in [0.29, 0.717) is 23.1 Å². The number of ether oxygens (including phenoxy) is 1. The SMILES string of the molecule is CCOC(=O)c1c(NC(=O)CCl)sc2c1CCC(C)C2. The Labute approximate surface area is 127 Å². The molecule has 1 atom stereocenters. The Morgan fingerprint density at radius 3 is 2.90 bits per heavy atom. The zero-order chi connectivity index (χ0) is 14.7. The van der Waals surface area contributed by atoms with Gasteiger partial charge in [0.25, 0.3) is 0 Å². The summed E-state index contributed by atoms with van der Waals surface area (Å²) in [6.45, 7) is 4.29. The number of carbonyl (C=O) groups excluding carboxylic acids is 2. The molecule has 0 saturated carbocycles. The second-order valence-electron chi connectivity index (χ2n) is 4.96. The molecule has 0 fully saturated rings. The summed E-state index contributed by atoms with van der Waals surface area (Å²) >= 11 is 6.99. The maximum Gasteiger partial charge on any atom is 0.341 e. The van der Waals surface area contributed by atoms with Crippen LogP contribution in [0.3, 0.4) is 0 Å². The summed E-state index contributed by atoms with van der Waals surface area (Å²) in [5.74, 6) is -0.178. The predicted octanol–water partition coefficient (Wildman–Crippen LogP) is 3.23. The molecule has 1 aliphatic carbocycles. The van der Waals surface area contributed by atoms with E-state index in [2.05, 4.69) is 12.2 Å². The van der Waals surface area contributed by atoms with E-state index in [4.69, 9.17) is 16.3 Å². The largest absolute Gasteiger partial charge is 0.462 e. The van der Waals surface area contributed by atoms with Crippen LogP contribution >= 0.6 is 22.9 Å². The van der Waals surface area contributed by atoms with Gasteiger partial charge in [-0.2, -0.15) is 0 Å². The topological polar surface area (TPSA) is 55.4 Å². The number of hydrogen-bond acceptors (Lipinski definition) is 4. The summed E-state index contributed by atoms with van der Waals surface area (Å²) in [6, 6.07) is 0. The number of esters is 1. The summed E-state index contributed by atoms with van der Waals surface area (Å²) in [6.07, 6.45) is 2.86. The van der Waals surface area contributed by atoms with Crippen molar-refractivity contribution in [2.45, 2.75) is 33.1 Å². The van der Waals surface area contributed by atoms with E-state index < -0.39 is 0 Å². The Morgan fingerprint density at radius 2 is 2.25 bits per heavy atom. The van der Waals surface area contributed by atoms with E-state index in [0.717, 1.165) is 24.8 Å². The molecule has 0 aliphatic heterocycles. The maximum atomic E-state index is 12.2. The quantitative estimate of drug-likeness (QED) is 0.685. The molecular weight excluding hydrogens is 298 g/mol. The maximum absolute atomic E-state index is 12.2. The lowest BCUT2D eigenvalue weighted by Crippen LogP contribution is -2.17. The third kappa shape index (κ3) is 3.15. The summed E-state index contributed by atoms with van der Waals surface area (Å²) in [5, 5.41) is 3.30. The molecule has 0 bridgehead atoms. The lowest BCUT2D eigenvalue weighted by molar-refractivity contribution is -0.113. The van der Waals surface area contributed by atoms with Crippen LogP contribution in [0.2, 0.25) is 0 Å². The second-order valence-corrected chi connectivity index (χ2v) is 6.33. The van der Waals surface area contributed by atoms with Crippen LogP contribution in [0.25, 0.3) is 0 Å². The molecule has 110 valence electrons. The zero-order valence-electron chi connectivity index (χ0n) is 11.6. The summed E-state index contributed by atoms with van der Waals surface area (Å²) in [4.78, 5) is 24.8. The van der Waals surface area contributed by atoms with Gasteiger partial charge < -0.3 is 10.1 Å². The Morgan fingerprint density at radius 1 is 1.50 bits per heavy atom. The molecule has 6 heteroatoms. The van der Waals surface area contributed by atoms with Gasteiger partial charge in [-0.1, -0.05) is 6.92 Å². The number of halogens is 1. The van der Waals surface area contributed by atoms with Crippen LogP contribution in [-0.2, 0) is 22.4 Å². The number of anilines is 1. The van der Waals surface area contributed by atoms with Crippen molar-refractivity contribution in [3.8, 4) is 0 Å². The molecule has 0 spiro atoms. The Balaban J connectivity index is 2.39. The standard InChI is InChI=1S/C14H18ClNO3S/c1-3-19-14(18)12-9-5-4-8(2)6-10(9)20-13(12)16-11(17)7-15/h8H,3-7H2,1-2H3,(H,16,17). The molecule has 1 aromatic rings. The fraction of sp³-hybridized carbons (Fsp3) is 0.571. The zero-order valence-corrected chi connectivity index (χ0v) is 13.2. The molecule has 2 rings (SSSR count). The number of nitrogens with one attached hydrogen (secondary N) is 1. The van der Waals surface area contributed by atoms with E-state index >= 15 is 0 Å². The lowest BCUT2D eigenvalue weighted by Gasteiger charge is -2.18. The van der Waals surface area contributed by atoms with Gasteiger partial charge in [0, 0.05) is 4.88 Å².